The number of anilines is 1. The summed E-state index contributed by atoms with van der Waals surface area (Å²) in [4.78, 5) is 30.3. The van der Waals surface area contributed by atoms with Crippen LogP contribution >= 0.6 is 0 Å². The van der Waals surface area contributed by atoms with Crippen molar-refractivity contribution in [2.45, 2.75) is 38.3 Å². The van der Waals surface area contributed by atoms with Crippen LogP contribution in [0.4, 0.5) is 5.95 Å². The summed E-state index contributed by atoms with van der Waals surface area (Å²) in [5.41, 5.74) is 1.40. The molecule has 1 saturated carbocycles. The Morgan fingerprint density at radius 3 is 2.68 bits per heavy atom. The van der Waals surface area contributed by atoms with Crippen LogP contribution in [0.15, 0.2) is 46.3 Å². The van der Waals surface area contributed by atoms with Crippen LogP contribution in [0.3, 0.4) is 0 Å². The molecule has 3 heterocycles. The summed E-state index contributed by atoms with van der Waals surface area (Å²) < 4.78 is 1.58. The molecule has 1 fully saturated rings. The zero-order chi connectivity index (χ0) is 21.6. The maximum atomic E-state index is 11.5. The van der Waals surface area contributed by atoms with Crippen LogP contribution in [0.2, 0.25) is 0 Å². The van der Waals surface area contributed by atoms with Crippen molar-refractivity contribution in [3.63, 3.8) is 0 Å². The zero-order valence-electron chi connectivity index (χ0n) is 17.1. The number of imidazole rings is 1. The number of aromatic amines is 2. The standard InChI is InChI=1S/C21H22N8O2/c1-21(2,13-6-4-3-5-7-13)28-18-25-16-12(10-15-17(30)26-20(31)24-15)11-22-29(16)19(27-18)23-14-8-9-14/h3-7,10-11,14,30H,8-9H2,1-2H3,(H,23,27,28)(H2,24,26,31). The largest absolute Gasteiger partial charge is 0.493 e. The molecule has 10 heteroatoms. The Bertz CT molecular complexity index is 1430. The van der Waals surface area contributed by atoms with E-state index in [1.54, 1.807) is 16.8 Å². The molecular weight excluding hydrogens is 396 g/mol. The number of aromatic nitrogens is 6. The molecule has 1 aliphatic rings. The predicted molar refractivity (Wildman–Crippen MR) is 114 cm³/mol. The molecular formula is C21H22N8O2. The summed E-state index contributed by atoms with van der Waals surface area (Å²) in [5, 5.41) is 18.3. The highest BCUT2D eigenvalue weighted by molar-refractivity contribution is 5.57. The van der Waals surface area contributed by atoms with Gasteiger partial charge in [0, 0.05) is 5.22 Å². The number of rotatable bonds is 5. The van der Waals surface area contributed by atoms with Crippen molar-refractivity contribution in [2.75, 3.05) is 5.32 Å². The van der Waals surface area contributed by atoms with E-state index in [1.807, 2.05) is 30.3 Å². The molecule has 0 bridgehead atoms. The van der Waals surface area contributed by atoms with Crippen molar-refractivity contribution in [1.29, 1.82) is 0 Å². The molecule has 0 saturated heterocycles. The van der Waals surface area contributed by atoms with Crippen molar-refractivity contribution in [3.05, 3.63) is 69.1 Å². The van der Waals surface area contributed by atoms with Gasteiger partial charge in [-0.05, 0) is 38.3 Å². The van der Waals surface area contributed by atoms with Crippen molar-refractivity contribution in [3.8, 4) is 5.88 Å². The second kappa shape index (κ2) is 7.08. The van der Waals surface area contributed by atoms with E-state index in [-0.39, 0.29) is 17.6 Å². The highest BCUT2D eigenvalue weighted by atomic mass is 16.3. The highest BCUT2D eigenvalue weighted by Crippen LogP contribution is 2.24. The van der Waals surface area contributed by atoms with Crippen LogP contribution in [-0.2, 0) is 5.54 Å². The molecule has 0 aliphatic heterocycles. The summed E-state index contributed by atoms with van der Waals surface area (Å²) in [7, 11) is 0. The van der Waals surface area contributed by atoms with Crippen molar-refractivity contribution in [2.24, 2.45) is 4.99 Å². The van der Waals surface area contributed by atoms with Gasteiger partial charge < -0.3 is 15.4 Å². The minimum Gasteiger partial charge on any atom is -0.493 e. The molecule has 4 aromatic rings. The van der Waals surface area contributed by atoms with Crippen LogP contribution in [-0.4, -0.2) is 40.7 Å². The average Bonchev–Trinajstić information content (AvgIpc) is 3.37. The van der Waals surface area contributed by atoms with E-state index in [1.165, 1.54) is 0 Å². The van der Waals surface area contributed by atoms with Gasteiger partial charge in [-0.25, -0.2) is 9.79 Å². The lowest BCUT2D eigenvalue weighted by atomic mass is 9.95. The summed E-state index contributed by atoms with van der Waals surface area (Å²) in [6.07, 6.45) is 5.27. The Morgan fingerprint density at radius 2 is 2.00 bits per heavy atom. The van der Waals surface area contributed by atoms with Crippen LogP contribution < -0.4 is 21.8 Å². The molecule has 1 aliphatic carbocycles. The first-order chi connectivity index (χ1) is 14.9. The second-order valence-corrected chi connectivity index (χ2v) is 8.14. The lowest BCUT2D eigenvalue weighted by molar-refractivity contribution is 0.454. The average molecular weight is 418 g/mol. The number of H-pyrrole nitrogens is 2. The Kier molecular flexibility index (Phi) is 4.35. The monoisotopic (exact) mass is 418 g/mol. The van der Waals surface area contributed by atoms with Gasteiger partial charge in [-0.2, -0.15) is 19.6 Å². The zero-order valence-corrected chi connectivity index (χ0v) is 17.1. The SMILES string of the molecule is CC(C)(Nc1nc(=NC2CC2)n2ncc(=Cc3[nH]c(=O)[nH]c3O)c2n1)c1ccccc1. The third kappa shape index (κ3) is 3.79. The lowest BCUT2D eigenvalue weighted by Gasteiger charge is -2.26. The van der Waals surface area contributed by atoms with E-state index in [0.717, 1.165) is 18.4 Å². The van der Waals surface area contributed by atoms with Gasteiger partial charge in [0.1, 0.15) is 5.69 Å². The van der Waals surface area contributed by atoms with E-state index in [0.29, 0.717) is 22.4 Å². The first-order valence-corrected chi connectivity index (χ1v) is 10.1. The third-order valence-corrected chi connectivity index (χ3v) is 5.18. The molecule has 0 atom stereocenters. The van der Waals surface area contributed by atoms with E-state index in [4.69, 9.17) is 0 Å². The number of hydrogen-bond donors (Lipinski definition) is 4. The number of hydrogen-bond acceptors (Lipinski definition) is 7. The smallest absolute Gasteiger partial charge is 0.326 e. The first kappa shape index (κ1) is 19.0. The third-order valence-electron chi connectivity index (χ3n) is 5.18. The van der Waals surface area contributed by atoms with E-state index in [2.05, 4.69) is 49.2 Å². The maximum Gasteiger partial charge on any atom is 0.326 e. The summed E-state index contributed by atoms with van der Waals surface area (Å²) >= 11 is 0. The van der Waals surface area contributed by atoms with Gasteiger partial charge in [-0.3, -0.25) is 4.98 Å². The molecule has 158 valence electrons. The van der Waals surface area contributed by atoms with Crippen molar-refractivity contribution >= 4 is 17.7 Å². The van der Waals surface area contributed by atoms with Gasteiger partial charge in [-0.15, -0.1) is 0 Å². The molecule has 3 aromatic heterocycles. The second-order valence-electron chi connectivity index (χ2n) is 8.14. The lowest BCUT2D eigenvalue weighted by Crippen LogP contribution is -2.32. The van der Waals surface area contributed by atoms with E-state index >= 15 is 0 Å². The van der Waals surface area contributed by atoms with Gasteiger partial charge in [0.25, 0.3) is 5.62 Å². The predicted octanol–water partition coefficient (Wildman–Crippen LogP) is 0.804. The van der Waals surface area contributed by atoms with Gasteiger partial charge in [0.05, 0.1) is 17.8 Å². The van der Waals surface area contributed by atoms with Gasteiger partial charge >= 0.3 is 5.69 Å². The first-order valence-electron chi connectivity index (χ1n) is 10.1. The number of aromatic hydroxyl groups is 1. The number of benzene rings is 1. The van der Waals surface area contributed by atoms with Crippen LogP contribution in [0.1, 0.15) is 37.9 Å². The van der Waals surface area contributed by atoms with Gasteiger partial charge in [0.15, 0.2) is 5.65 Å². The number of nitrogens with zero attached hydrogens (tertiary/aromatic N) is 5. The molecule has 10 nitrogen and oxygen atoms in total. The fourth-order valence-electron chi connectivity index (χ4n) is 3.34. The Balaban J connectivity index is 1.66. The Hall–Kier alpha value is -3.95. The molecule has 4 N–H and O–H groups in total. The Labute approximate surface area is 176 Å². The fourth-order valence-corrected chi connectivity index (χ4v) is 3.34. The molecule has 0 spiro atoms. The van der Waals surface area contributed by atoms with Crippen LogP contribution in [0, 0.1) is 0 Å². The van der Waals surface area contributed by atoms with Crippen molar-refractivity contribution < 1.29 is 5.11 Å². The molecule has 5 rings (SSSR count). The summed E-state index contributed by atoms with van der Waals surface area (Å²) in [6.45, 7) is 4.11. The van der Waals surface area contributed by atoms with Gasteiger partial charge in [0.2, 0.25) is 11.8 Å². The minimum absolute atomic E-state index is 0.245. The van der Waals surface area contributed by atoms with E-state index < -0.39 is 11.2 Å². The molecule has 0 radical (unpaired) electrons. The highest BCUT2D eigenvalue weighted by Gasteiger charge is 2.23. The fraction of sp³-hybridized carbons (Fsp3) is 0.286. The topological polar surface area (TPSA) is 136 Å². The Morgan fingerprint density at radius 1 is 1.23 bits per heavy atom. The molecule has 31 heavy (non-hydrogen) atoms. The molecule has 1 aromatic carbocycles. The van der Waals surface area contributed by atoms with Crippen LogP contribution in [0.25, 0.3) is 11.7 Å². The van der Waals surface area contributed by atoms with Gasteiger partial charge in [-0.1, -0.05) is 30.3 Å². The van der Waals surface area contributed by atoms with Crippen molar-refractivity contribution in [1.82, 2.24) is 29.5 Å². The molecule has 0 amide bonds. The number of nitrogens with one attached hydrogen (secondary N) is 3. The summed E-state index contributed by atoms with van der Waals surface area (Å²) in [6, 6.07) is 10.3. The normalized spacial score (nSPS) is 15.7. The quantitative estimate of drug-likeness (QED) is 0.379. The number of fused-ring (bicyclic) bond motifs is 1. The minimum atomic E-state index is -0.494. The molecule has 0 unspecified atom stereocenters. The van der Waals surface area contributed by atoms with Crippen LogP contribution in [0.5, 0.6) is 5.88 Å². The van der Waals surface area contributed by atoms with E-state index in [9.17, 15) is 9.90 Å². The maximum absolute atomic E-state index is 11.5. The summed E-state index contributed by atoms with van der Waals surface area (Å²) in [5.74, 6) is 0.174.